The van der Waals surface area contributed by atoms with Crippen LogP contribution in [0.15, 0.2) is 22.7 Å². The van der Waals surface area contributed by atoms with Crippen molar-refractivity contribution >= 4 is 38.8 Å². The van der Waals surface area contributed by atoms with Crippen LogP contribution in [0.1, 0.15) is 25.3 Å². The van der Waals surface area contributed by atoms with E-state index in [-0.39, 0.29) is 0 Å². The minimum absolute atomic E-state index is 0.448. The number of rotatable bonds is 4. The fraction of sp³-hybridized carbons (Fsp3) is 0.417. The third-order valence-corrected chi connectivity index (χ3v) is 3.75. The summed E-state index contributed by atoms with van der Waals surface area (Å²) in [6.07, 6.45) is 2.48. The van der Waals surface area contributed by atoms with Gasteiger partial charge in [0.25, 0.3) is 0 Å². The molecule has 0 aromatic heterocycles. The fourth-order valence-corrected chi connectivity index (χ4v) is 2.47. The zero-order chi connectivity index (χ0) is 11.7. The molecule has 1 aliphatic carbocycles. The van der Waals surface area contributed by atoms with Crippen LogP contribution >= 0.6 is 28.1 Å². The number of thiocarbonyl (C=S) groups is 1. The van der Waals surface area contributed by atoms with Crippen LogP contribution in [0.3, 0.4) is 0 Å². The van der Waals surface area contributed by atoms with Gasteiger partial charge < -0.3 is 11.1 Å². The molecule has 0 bridgehead atoms. The molecule has 2 nitrogen and oxygen atoms in total. The number of hydrogen-bond donors (Lipinski definition) is 2. The Labute approximate surface area is 110 Å². The van der Waals surface area contributed by atoms with Crippen LogP contribution in [0, 0.1) is 5.92 Å². The molecule has 4 heteroatoms. The average Bonchev–Trinajstić information content (AvgIpc) is 2.96. The summed E-state index contributed by atoms with van der Waals surface area (Å²) >= 11 is 8.51. The quantitative estimate of drug-likeness (QED) is 0.838. The van der Waals surface area contributed by atoms with Gasteiger partial charge in [-0.15, -0.1) is 0 Å². The van der Waals surface area contributed by atoms with Gasteiger partial charge in [-0.3, -0.25) is 0 Å². The molecule has 1 aromatic carbocycles. The van der Waals surface area contributed by atoms with Crippen molar-refractivity contribution in [3.05, 3.63) is 28.2 Å². The lowest BCUT2D eigenvalue weighted by Gasteiger charge is -2.11. The lowest BCUT2D eigenvalue weighted by molar-refractivity contribution is 0.775. The van der Waals surface area contributed by atoms with Gasteiger partial charge in [-0.25, -0.2) is 0 Å². The van der Waals surface area contributed by atoms with Crippen LogP contribution in [0.25, 0.3) is 0 Å². The predicted octanol–water partition coefficient (Wildman–Crippen LogP) is 3.29. The summed E-state index contributed by atoms with van der Waals surface area (Å²) in [5.41, 5.74) is 7.68. The second kappa shape index (κ2) is 4.72. The number of nitrogens with one attached hydrogen (secondary N) is 1. The van der Waals surface area contributed by atoms with Crippen molar-refractivity contribution < 1.29 is 0 Å². The maximum Gasteiger partial charge on any atom is 0.106 e. The first-order valence-corrected chi connectivity index (χ1v) is 6.67. The highest BCUT2D eigenvalue weighted by molar-refractivity contribution is 9.10. The van der Waals surface area contributed by atoms with Gasteiger partial charge in [0.1, 0.15) is 4.99 Å². The Balaban J connectivity index is 2.18. The van der Waals surface area contributed by atoms with Gasteiger partial charge in [0, 0.05) is 21.8 Å². The largest absolute Gasteiger partial charge is 0.389 e. The molecule has 0 radical (unpaired) electrons. The van der Waals surface area contributed by atoms with Gasteiger partial charge in [-0.05, 0) is 30.5 Å². The van der Waals surface area contributed by atoms with E-state index in [0.717, 1.165) is 21.6 Å². The van der Waals surface area contributed by atoms with Crippen LogP contribution in [0.5, 0.6) is 0 Å². The van der Waals surface area contributed by atoms with Crippen LogP contribution in [-0.4, -0.2) is 11.0 Å². The van der Waals surface area contributed by atoms with E-state index in [9.17, 15) is 0 Å². The van der Waals surface area contributed by atoms with Gasteiger partial charge in [-0.2, -0.15) is 0 Å². The molecule has 1 aromatic rings. The monoisotopic (exact) mass is 298 g/mol. The van der Waals surface area contributed by atoms with E-state index in [0.29, 0.717) is 11.0 Å². The number of anilines is 1. The van der Waals surface area contributed by atoms with Gasteiger partial charge in [0.05, 0.1) is 0 Å². The molecule has 0 saturated heterocycles. The predicted molar refractivity (Wildman–Crippen MR) is 75.8 cm³/mol. The third-order valence-electron chi connectivity index (χ3n) is 3.03. The molecule has 2 rings (SSSR count). The summed E-state index contributed by atoms with van der Waals surface area (Å²) in [7, 11) is 0. The van der Waals surface area contributed by atoms with E-state index in [1.807, 2.05) is 18.2 Å². The molecule has 86 valence electrons. The zero-order valence-corrected chi connectivity index (χ0v) is 11.6. The van der Waals surface area contributed by atoms with Crippen molar-refractivity contribution in [1.29, 1.82) is 0 Å². The topological polar surface area (TPSA) is 38.0 Å². The van der Waals surface area contributed by atoms with Crippen LogP contribution < -0.4 is 11.1 Å². The minimum atomic E-state index is 0.448. The molecule has 3 N–H and O–H groups in total. The molecule has 0 amide bonds. The summed E-state index contributed by atoms with van der Waals surface area (Å²) in [6, 6.07) is 6.55. The SMILES string of the molecule is CCC1CC1Nc1cc(Br)ccc1C(N)=S. The summed E-state index contributed by atoms with van der Waals surface area (Å²) in [5.74, 6) is 0.804. The molecule has 2 unspecified atom stereocenters. The Kier molecular flexibility index (Phi) is 3.50. The summed E-state index contributed by atoms with van der Waals surface area (Å²) < 4.78 is 1.05. The van der Waals surface area contributed by atoms with E-state index >= 15 is 0 Å². The highest BCUT2D eigenvalue weighted by atomic mass is 79.9. The highest BCUT2D eigenvalue weighted by Gasteiger charge is 2.35. The first-order chi connectivity index (χ1) is 7.61. The minimum Gasteiger partial charge on any atom is -0.389 e. The molecule has 0 aliphatic heterocycles. The first-order valence-electron chi connectivity index (χ1n) is 5.47. The normalized spacial score (nSPS) is 22.9. The van der Waals surface area contributed by atoms with E-state index in [2.05, 4.69) is 28.2 Å². The van der Waals surface area contributed by atoms with Gasteiger partial charge in [-0.1, -0.05) is 41.5 Å². The summed E-state index contributed by atoms with van der Waals surface area (Å²) in [6.45, 7) is 2.22. The van der Waals surface area contributed by atoms with Crippen LogP contribution in [0.2, 0.25) is 0 Å². The van der Waals surface area contributed by atoms with E-state index in [1.54, 1.807) is 0 Å². The Morgan fingerprint density at radius 3 is 2.94 bits per heavy atom. The van der Waals surface area contributed by atoms with Gasteiger partial charge in [0.15, 0.2) is 0 Å². The fourth-order valence-electron chi connectivity index (χ4n) is 1.93. The molecule has 0 spiro atoms. The molecule has 1 aliphatic rings. The highest BCUT2D eigenvalue weighted by Crippen LogP contribution is 2.37. The standard InChI is InChI=1S/C12H15BrN2S/c1-2-7-5-10(7)15-11-6-8(13)3-4-9(11)12(14)16/h3-4,6-7,10,15H,2,5H2,1H3,(H2,14,16). The number of benzene rings is 1. The van der Waals surface area contributed by atoms with E-state index in [1.165, 1.54) is 12.8 Å². The Hall–Kier alpha value is -0.610. The molecule has 1 saturated carbocycles. The van der Waals surface area contributed by atoms with Crippen LogP contribution in [-0.2, 0) is 0 Å². The lowest BCUT2D eigenvalue weighted by Crippen LogP contribution is -2.14. The average molecular weight is 299 g/mol. The van der Waals surface area contributed by atoms with Crippen molar-refractivity contribution in [1.82, 2.24) is 0 Å². The van der Waals surface area contributed by atoms with Crippen molar-refractivity contribution in [3.63, 3.8) is 0 Å². The van der Waals surface area contributed by atoms with Crippen molar-refractivity contribution in [2.45, 2.75) is 25.8 Å². The molecule has 0 heterocycles. The summed E-state index contributed by atoms with van der Waals surface area (Å²) in [4.78, 5) is 0.448. The molecule has 1 fully saturated rings. The van der Waals surface area contributed by atoms with E-state index in [4.69, 9.17) is 18.0 Å². The number of nitrogens with two attached hydrogens (primary N) is 1. The maximum absolute atomic E-state index is 5.70. The van der Waals surface area contributed by atoms with Crippen molar-refractivity contribution in [2.24, 2.45) is 11.7 Å². The van der Waals surface area contributed by atoms with Crippen molar-refractivity contribution in [2.75, 3.05) is 5.32 Å². The Morgan fingerprint density at radius 2 is 2.38 bits per heavy atom. The molecule has 16 heavy (non-hydrogen) atoms. The Morgan fingerprint density at radius 1 is 1.62 bits per heavy atom. The second-order valence-corrected chi connectivity index (χ2v) is 5.56. The third kappa shape index (κ3) is 2.55. The van der Waals surface area contributed by atoms with Crippen molar-refractivity contribution in [3.8, 4) is 0 Å². The number of halogens is 1. The second-order valence-electron chi connectivity index (χ2n) is 4.21. The van der Waals surface area contributed by atoms with Gasteiger partial charge >= 0.3 is 0 Å². The first kappa shape index (κ1) is 11.9. The lowest BCUT2D eigenvalue weighted by atomic mass is 10.1. The smallest absolute Gasteiger partial charge is 0.106 e. The number of hydrogen-bond acceptors (Lipinski definition) is 2. The van der Waals surface area contributed by atoms with Gasteiger partial charge in [0.2, 0.25) is 0 Å². The summed E-state index contributed by atoms with van der Waals surface area (Å²) in [5, 5.41) is 3.51. The molecule has 2 atom stereocenters. The van der Waals surface area contributed by atoms with E-state index < -0.39 is 0 Å². The van der Waals surface area contributed by atoms with Crippen LogP contribution in [0.4, 0.5) is 5.69 Å². The zero-order valence-electron chi connectivity index (χ0n) is 9.16. The molecular weight excluding hydrogens is 284 g/mol. The Bertz CT molecular complexity index is 419. The maximum atomic E-state index is 5.70. The molecular formula is C12H15BrN2S.